The molecule has 1 aromatic rings. The molecule has 0 saturated heterocycles. The Labute approximate surface area is 106 Å². The van der Waals surface area contributed by atoms with Gasteiger partial charge in [0, 0.05) is 19.2 Å². The summed E-state index contributed by atoms with van der Waals surface area (Å²) in [7, 11) is 0. The van der Waals surface area contributed by atoms with Crippen molar-refractivity contribution in [3.8, 4) is 0 Å². The summed E-state index contributed by atoms with van der Waals surface area (Å²) in [6.07, 6.45) is 0.967. The lowest BCUT2D eigenvalue weighted by Crippen LogP contribution is -2.33. The lowest BCUT2D eigenvalue weighted by molar-refractivity contribution is -0.120. The van der Waals surface area contributed by atoms with Crippen molar-refractivity contribution < 1.29 is 13.6 Å². The largest absolute Gasteiger partial charge is 0.355 e. The maximum absolute atomic E-state index is 13.3. The van der Waals surface area contributed by atoms with Crippen molar-refractivity contribution in [3.63, 3.8) is 0 Å². The van der Waals surface area contributed by atoms with Gasteiger partial charge in [0.2, 0.25) is 5.91 Å². The van der Waals surface area contributed by atoms with Gasteiger partial charge in [-0.2, -0.15) is 0 Å². The first kappa shape index (κ1) is 14.6. The van der Waals surface area contributed by atoms with Crippen LogP contribution in [0.5, 0.6) is 0 Å². The number of nitrogens with one attached hydrogen (secondary N) is 2. The van der Waals surface area contributed by atoms with Crippen LogP contribution >= 0.6 is 0 Å². The van der Waals surface area contributed by atoms with Gasteiger partial charge in [-0.3, -0.25) is 4.79 Å². The van der Waals surface area contributed by atoms with Crippen LogP contribution in [0.4, 0.5) is 8.78 Å². The molecule has 0 aliphatic carbocycles. The fourth-order valence-electron chi connectivity index (χ4n) is 1.49. The van der Waals surface area contributed by atoms with Crippen LogP contribution in [-0.4, -0.2) is 25.5 Å². The van der Waals surface area contributed by atoms with Crippen LogP contribution in [-0.2, 0) is 11.2 Å². The van der Waals surface area contributed by atoms with E-state index in [1.807, 2.05) is 0 Å². The Morgan fingerprint density at radius 3 is 2.67 bits per heavy atom. The molecule has 1 aromatic carbocycles. The predicted molar refractivity (Wildman–Crippen MR) is 66.2 cm³/mol. The Morgan fingerprint density at radius 2 is 2.00 bits per heavy atom. The van der Waals surface area contributed by atoms with Crippen molar-refractivity contribution in [2.24, 2.45) is 0 Å². The smallest absolute Gasteiger partial charge is 0.224 e. The topological polar surface area (TPSA) is 41.1 Å². The Kier molecular flexibility index (Phi) is 6.28. The highest BCUT2D eigenvalue weighted by molar-refractivity contribution is 5.78. The van der Waals surface area contributed by atoms with Gasteiger partial charge in [0.05, 0.1) is 6.42 Å². The number of benzene rings is 1. The van der Waals surface area contributed by atoms with E-state index >= 15 is 0 Å². The lowest BCUT2D eigenvalue weighted by Gasteiger charge is -2.07. The maximum atomic E-state index is 13.3. The maximum Gasteiger partial charge on any atom is 0.224 e. The van der Waals surface area contributed by atoms with Gasteiger partial charge in [-0.25, -0.2) is 8.78 Å². The minimum atomic E-state index is -0.686. The molecule has 0 atom stereocenters. The minimum Gasteiger partial charge on any atom is -0.355 e. The first-order valence-corrected chi connectivity index (χ1v) is 6.04. The SMILES string of the molecule is CCCNCCNC(=O)Cc1ccc(F)cc1F. The first-order valence-electron chi connectivity index (χ1n) is 6.04. The molecule has 0 unspecified atom stereocenters. The summed E-state index contributed by atoms with van der Waals surface area (Å²) in [5, 5.41) is 5.80. The summed E-state index contributed by atoms with van der Waals surface area (Å²) < 4.78 is 25.9. The van der Waals surface area contributed by atoms with Crippen molar-refractivity contribution in [3.05, 3.63) is 35.4 Å². The van der Waals surface area contributed by atoms with Gasteiger partial charge >= 0.3 is 0 Å². The highest BCUT2D eigenvalue weighted by Gasteiger charge is 2.08. The third-order valence-corrected chi connectivity index (χ3v) is 2.42. The number of hydrogen-bond donors (Lipinski definition) is 2. The van der Waals surface area contributed by atoms with Crippen LogP contribution < -0.4 is 10.6 Å². The number of halogens is 2. The zero-order valence-corrected chi connectivity index (χ0v) is 10.4. The third-order valence-electron chi connectivity index (χ3n) is 2.42. The molecular weight excluding hydrogens is 238 g/mol. The molecule has 1 amide bonds. The highest BCUT2D eigenvalue weighted by Crippen LogP contribution is 2.09. The summed E-state index contributed by atoms with van der Waals surface area (Å²) in [6.45, 7) is 4.15. The van der Waals surface area contributed by atoms with Crippen LogP contribution in [0.3, 0.4) is 0 Å². The molecule has 0 radical (unpaired) electrons. The number of carbonyl (C=O) groups is 1. The van der Waals surface area contributed by atoms with Gasteiger partial charge in [-0.1, -0.05) is 13.0 Å². The van der Waals surface area contributed by atoms with E-state index in [4.69, 9.17) is 0 Å². The lowest BCUT2D eigenvalue weighted by atomic mass is 10.1. The van der Waals surface area contributed by atoms with E-state index in [1.54, 1.807) is 0 Å². The second kappa shape index (κ2) is 7.76. The molecule has 1 rings (SSSR count). The van der Waals surface area contributed by atoms with Crippen molar-refractivity contribution in [1.82, 2.24) is 10.6 Å². The number of carbonyl (C=O) groups excluding carboxylic acids is 1. The molecule has 0 spiro atoms. The average molecular weight is 256 g/mol. The van der Waals surface area contributed by atoms with Crippen LogP contribution in [0.2, 0.25) is 0 Å². The zero-order valence-electron chi connectivity index (χ0n) is 10.4. The molecule has 0 aliphatic heterocycles. The third kappa shape index (κ3) is 5.23. The number of rotatable bonds is 7. The highest BCUT2D eigenvalue weighted by atomic mass is 19.1. The second-order valence-corrected chi connectivity index (χ2v) is 4.01. The van der Waals surface area contributed by atoms with Crippen molar-refractivity contribution >= 4 is 5.91 Å². The molecular formula is C13H18F2N2O. The van der Waals surface area contributed by atoms with Crippen LogP contribution in [0.1, 0.15) is 18.9 Å². The molecule has 0 aromatic heterocycles. The normalized spacial score (nSPS) is 10.4. The Morgan fingerprint density at radius 1 is 1.22 bits per heavy atom. The van der Waals surface area contributed by atoms with E-state index in [9.17, 15) is 13.6 Å². The van der Waals surface area contributed by atoms with Crippen LogP contribution in [0.15, 0.2) is 18.2 Å². The summed E-state index contributed by atoms with van der Waals surface area (Å²) in [5.41, 5.74) is 0.204. The molecule has 0 heterocycles. The Hall–Kier alpha value is -1.49. The molecule has 100 valence electrons. The van der Waals surface area contributed by atoms with E-state index in [2.05, 4.69) is 17.6 Å². The van der Waals surface area contributed by atoms with E-state index in [0.717, 1.165) is 25.1 Å². The molecule has 0 fully saturated rings. The molecule has 18 heavy (non-hydrogen) atoms. The van der Waals surface area contributed by atoms with Crippen molar-refractivity contribution in [1.29, 1.82) is 0 Å². The fourth-order valence-corrected chi connectivity index (χ4v) is 1.49. The molecule has 2 N–H and O–H groups in total. The molecule has 5 heteroatoms. The average Bonchev–Trinajstić information content (AvgIpc) is 2.32. The second-order valence-electron chi connectivity index (χ2n) is 4.01. The van der Waals surface area contributed by atoms with E-state index < -0.39 is 11.6 Å². The molecule has 3 nitrogen and oxygen atoms in total. The molecule has 0 bridgehead atoms. The zero-order chi connectivity index (χ0) is 13.4. The van der Waals surface area contributed by atoms with Crippen LogP contribution in [0, 0.1) is 11.6 Å². The monoisotopic (exact) mass is 256 g/mol. The fraction of sp³-hybridized carbons (Fsp3) is 0.462. The Bertz CT molecular complexity index is 397. The van der Waals surface area contributed by atoms with Gasteiger partial charge in [0.25, 0.3) is 0 Å². The van der Waals surface area contributed by atoms with Gasteiger partial charge in [-0.05, 0) is 24.6 Å². The van der Waals surface area contributed by atoms with E-state index in [-0.39, 0.29) is 17.9 Å². The van der Waals surface area contributed by atoms with Gasteiger partial charge in [0.1, 0.15) is 11.6 Å². The van der Waals surface area contributed by atoms with Crippen LogP contribution in [0.25, 0.3) is 0 Å². The standard InChI is InChI=1S/C13H18F2N2O/c1-2-5-16-6-7-17-13(18)8-10-3-4-11(14)9-12(10)15/h3-4,9,16H,2,5-8H2,1H3,(H,17,18). The molecule has 0 aliphatic rings. The van der Waals surface area contributed by atoms with Crippen molar-refractivity contribution in [2.75, 3.05) is 19.6 Å². The summed E-state index contributed by atoms with van der Waals surface area (Å²) in [6, 6.07) is 3.22. The quantitative estimate of drug-likeness (QED) is 0.728. The predicted octanol–water partition coefficient (Wildman–Crippen LogP) is 1.62. The van der Waals surface area contributed by atoms with E-state index in [0.29, 0.717) is 13.1 Å². The van der Waals surface area contributed by atoms with Crippen molar-refractivity contribution in [2.45, 2.75) is 19.8 Å². The summed E-state index contributed by atoms with van der Waals surface area (Å²) in [5.74, 6) is -1.59. The summed E-state index contributed by atoms with van der Waals surface area (Å²) >= 11 is 0. The Balaban J connectivity index is 2.31. The van der Waals surface area contributed by atoms with Gasteiger partial charge in [0.15, 0.2) is 0 Å². The first-order chi connectivity index (χ1) is 8.63. The summed E-state index contributed by atoms with van der Waals surface area (Å²) in [4.78, 5) is 11.5. The minimum absolute atomic E-state index is 0.0696. The van der Waals surface area contributed by atoms with Gasteiger partial charge in [-0.15, -0.1) is 0 Å². The van der Waals surface area contributed by atoms with E-state index in [1.165, 1.54) is 6.07 Å². The van der Waals surface area contributed by atoms with Gasteiger partial charge < -0.3 is 10.6 Å². The number of hydrogen-bond acceptors (Lipinski definition) is 2. The number of amides is 1. The molecule has 0 saturated carbocycles.